The molecule has 3 rings (SSSR count). The maximum atomic E-state index is 13.1. The predicted molar refractivity (Wildman–Crippen MR) is 114 cm³/mol. The molecule has 0 aliphatic heterocycles. The molecule has 0 bridgehead atoms. The van der Waals surface area contributed by atoms with E-state index in [1.54, 1.807) is 12.1 Å². The molecule has 0 N–H and O–H groups in total. The SMILES string of the molecule is COc1cc(OC)c(-c2cc(=O)c3c(OC)cc(OC)c(OC)c3o2)c(OC)c1OC. The highest BCUT2D eigenvalue weighted by molar-refractivity contribution is 5.93. The van der Waals surface area contributed by atoms with Gasteiger partial charge in [-0.25, -0.2) is 0 Å². The van der Waals surface area contributed by atoms with Gasteiger partial charge >= 0.3 is 0 Å². The Balaban J connectivity index is 2.48. The molecule has 1 heterocycles. The highest BCUT2D eigenvalue weighted by Crippen LogP contribution is 2.51. The minimum Gasteiger partial charge on any atom is -0.496 e. The summed E-state index contributed by atoms with van der Waals surface area (Å²) in [5, 5.41) is 0.210. The lowest BCUT2D eigenvalue weighted by Gasteiger charge is -2.19. The van der Waals surface area contributed by atoms with Crippen LogP contribution in [0.5, 0.6) is 40.2 Å². The quantitative estimate of drug-likeness (QED) is 0.530. The van der Waals surface area contributed by atoms with Gasteiger partial charge in [0, 0.05) is 18.2 Å². The van der Waals surface area contributed by atoms with Crippen molar-refractivity contribution in [1.82, 2.24) is 0 Å². The Kier molecular flexibility index (Phi) is 6.33. The van der Waals surface area contributed by atoms with Crippen LogP contribution in [0.1, 0.15) is 0 Å². The highest BCUT2D eigenvalue weighted by Gasteiger charge is 2.27. The average molecular weight is 432 g/mol. The Hall–Kier alpha value is -3.75. The van der Waals surface area contributed by atoms with Crippen LogP contribution in [-0.4, -0.2) is 49.8 Å². The van der Waals surface area contributed by atoms with E-state index in [0.29, 0.717) is 34.3 Å². The average Bonchev–Trinajstić information content (AvgIpc) is 2.80. The molecule has 0 aliphatic rings. The fraction of sp³-hybridized carbons (Fsp3) is 0.318. The van der Waals surface area contributed by atoms with E-state index in [2.05, 4.69) is 0 Å². The van der Waals surface area contributed by atoms with Crippen molar-refractivity contribution in [2.75, 3.05) is 49.8 Å². The smallest absolute Gasteiger partial charge is 0.205 e. The lowest BCUT2D eigenvalue weighted by Crippen LogP contribution is -2.06. The van der Waals surface area contributed by atoms with Crippen molar-refractivity contribution in [3.05, 3.63) is 28.4 Å². The number of hydrogen-bond acceptors (Lipinski definition) is 9. The third kappa shape index (κ3) is 3.52. The van der Waals surface area contributed by atoms with Crippen LogP contribution in [-0.2, 0) is 0 Å². The second-order valence-electron chi connectivity index (χ2n) is 6.22. The molecule has 2 aromatic carbocycles. The lowest BCUT2D eigenvalue weighted by atomic mass is 10.1. The Morgan fingerprint density at radius 3 is 1.61 bits per heavy atom. The Morgan fingerprint density at radius 1 is 0.581 bits per heavy atom. The summed E-state index contributed by atoms with van der Waals surface area (Å²) in [6.07, 6.45) is 0. The van der Waals surface area contributed by atoms with Crippen molar-refractivity contribution in [2.45, 2.75) is 0 Å². The van der Waals surface area contributed by atoms with Crippen LogP contribution in [0.25, 0.3) is 22.3 Å². The summed E-state index contributed by atoms with van der Waals surface area (Å²) in [7, 11) is 10.3. The molecule has 0 saturated carbocycles. The van der Waals surface area contributed by atoms with Crippen molar-refractivity contribution in [3.63, 3.8) is 0 Å². The van der Waals surface area contributed by atoms with E-state index in [4.69, 9.17) is 37.6 Å². The molecule has 9 heteroatoms. The number of hydrogen-bond donors (Lipinski definition) is 0. The minimum absolute atomic E-state index is 0.153. The zero-order valence-electron chi connectivity index (χ0n) is 18.4. The van der Waals surface area contributed by atoms with E-state index in [9.17, 15) is 4.79 Å². The number of methoxy groups -OCH3 is 7. The first-order valence-corrected chi connectivity index (χ1v) is 9.13. The zero-order valence-corrected chi connectivity index (χ0v) is 18.4. The Morgan fingerprint density at radius 2 is 1.10 bits per heavy atom. The zero-order chi connectivity index (χ0) is 22.7. The third-order valence-electron chi connectivity index (χ3n) is 4.79. The van der Waals surface area contributed by atoms with E-state index in [1.807, 2.05) is 0 Å². The highest BCUT2D eigenvalue weighted by atomic mass is 16.5. The molecule has 0 atom stereocenters. The van der Waals surface area contributed by atoms with Crippen LogP contribution in [0.3, 0.4) is 0 Å². The Labute approximate surface area is 178 Å². The van der Waals surface area contributed by atoms with E-state index >= 15 is 0 Å². The van der Waals surface area contributed by atoms with E-state index in [1.165, 1.54) is 55.8 Å². The number of benzene rings is 2. The third-order valence-corrected chi connectivity index (χ3v) is 4.79. The molecule has 1 aromatic heterocycles. The monoisotopic (exact) mass is 432 g/mol. The van der Waals surface area contributed by atoms with Gasteiger partial charge in [0.1, 0.15) is 28.2 Å². The summed E-state index contributed by atoms with van der Waals surface area (Å²) in [6, 6.07) is 4.50. The molecule has 0 spiro atoms. The molecule has 0 fully saturated rings. The number of fused-ring (bicyclic) bond motifs is 1. The fourth-order valence-corrected chi connectivity index (χ4v) is 3.41. The Bertz CT molecular complexity index is 1160. The molecule has 9 nitrogen and oxygen atoms in total. The fourth-order valence-electron chi connectivity index (χ4n) is 3.41. The standard InChI is InChI=1S/C22H24O9/c1-24-12-9-16(27-4)20(29-6)22-17(12)11(23)8-14(31-22)18-13(25-2)10-15(26-3)19(28-5)21(18)30-7/h8-10H,1-7H3. The molecular formula is C22H24O9. The summed E-state index contributed by atoms with van der Waals surface area (Å²) in [6.45, 7) is 0. The molecule has 0 unspecified atom stereocenters. The summed E-state index contributed by atoms with van der Waals surface area (Å²) in [4.78, 5) is 13.1. The van der Waals surface area contributed by atoms with E-state index in [0.717, 1.165) is 0 Å². The van der Waals surface area contributed by atoms with E-state index < -0.39 is 0 Å². The van der Waals surface area contributed by atoms with Crippen molar-refractivity contribution in [1.29, 1.82) is 0 Å². The van der Waals surface area contributed by atoms with Gasteiger partial charge in [-0.2, -0.15) is 0 Å². The second kappa shape index (κ2) is 8.95. The first kappa shape index (κ1) is 21.9. The van der Waals surface area contributed by atoms with Gasteiger partial charge in [0.2, 0.25) is 11.5 Å². The minimum atomic E-state index is -0.354. The van der Waals surface area contributed by atoms with Crippen molar-refractivity contribution < 1.29 is 37.6 Å². The molecule has 0 radical (unpaired) electrons. The molecule has 0 amide bonds. The maximum Gasteiger partial charge on any atom is 0.205 e. The lowest BCUT2D eigenvalue weighted by molar-refractivity contribution is 0.319. The van der Waals surface area contributed by atoms with Gasteiger partial charge in [-0.15, -0.1) is 0 Å². The number of rotatable bonds is 8. The van der Waals surface area contributed by atoms with E-state index in [-0.39, 0.29) is 33.7 Å². The number of ether oxygens (including phenoxy) is 7. The second-order valence-corrected chi connectivity index (χ2v) is 6.22. The van der Waals surface area contributed by atoms with Gasteiger partial charge in [-0.3, -0.25) is 4.79 Å². The van der Waals surface area contributed by atoms with Crippen LogP contribution in [0.15, 0.2) is 27.4 Å². The van der Waals surface area contributed by atoms with Crippen molar-refractivity contribution >= 4 is 11.0 Å². The summed E-state index contributed by atoms with van der Waals surface area (Å²) in [5.41, 5.74) is 0.165. The molecule has 0 saturated heterocycles. The topological polar surface area (TPSA) is 94.8 Å². The summed E-state index contributed by atoms with van der Waals surface area (Å²) >= 11 is 0. The molecule has 166 valence electrons. The molecule has 31 heavy (non-hydrogen) atoms. The van der Waals surface area contributed by atoms with Crippen LogP contribution < -0.4 is 38.6 Å². The first-order valence-electron chi connectivity index (χ1n) is 9.13. The summed E-state index contributed by atoms with van der Waals surface area (Å²) < 4.78 is 44.3. The maximum absolute atomic E-state index is 13.1. The van der Waals surface area contributed by atoms with Crippen LogP contribution >= 0.6 is 0 Å². The largest absolute Gasteiger partial charge is 0.496 e. The van der Waals surface area contributed by atoms with Gasteiger partial charge in [0.15, 0.2) is 28.3 Å². The molecular weight excluding hydrogens is 408 g/mol. The van der Waals surface area contributed by atoms with Gasteiger partial charge in [-0.05, 0) is 0 Å². The van der Waals surface area contributed by atoms with Crippen molar-refractivity contribution in [2.24, 2.45) is 0 Å². The first-order chi connectivity index (χ1) is 15.0. The van der Waals surface area contributed by atoms with Crippen LogP contribution in [0.4, 0.5) is 0 Å². The predicted octanol–water partition coefficient (Wildman–Crippen LogP) is 3.52. The van der Waals surface area contributed by atoms with Crippen LogP contribution in [0, 0.1) is 0 Å². The van der Waals surface area contributed by atoms with Gasteiger partial charge in [0.25, 0.3) is 0 Å². The van der Waals surface area contributed by atoms with Gasteiger partial charge in [0.05, 0.1) is 49.8 Å². The van der Waals surface area contributed by atoms with Crippen molar-refractivity contribution in [3.8, 4) is 51.6 Å². The van der Waals surface area contributed by atoms with Gasteiger partial charge < -0.3 is 37.6 Å². The summed E-state index contributed by atoms with van der Waals surface area (Å²) in [5.74, 6) is 2.39. The molecule has 0 aliphatic carbocycles. The van der Waals surface area contributed by atoms with Gasteiger partial charge in [-0.1, -0.05) is 0 Å². The normalized spacial score (nSPS) is 10.5. The van der Waals surface area contributed by atoms with Crippen LogP contribution in [0.2, 0.25) is 0 Å². The molecule has 3 aromatic rings.